The molecule has 0 amide bonds. The van der Waals surface area contributed by atoms with Gasteiger partial charge >= 0.3 is 0 Å². The van der Waals surface area contributed by atoms with E-state index in [9.17, 15) is 0 Å². The number of H-pyrrole nitrogens is 2. The molecule has 0 aliphatic rings. The Hall–Kier alpha value is -2.17. The second-order valence-electron chi connectivity index (χ2n) is 2.92. The minimum atomic E-state index is 0.662. The molecule has 0 aliphatic heterocycles. The van der Waals surface area contributed by atoms with Gasteiger partial charge in [0.05, 0.1) is 18.2 Å². The van der Waals surface area contributed by atoms with Crippen molar-refractivity contribution in [3.8, 4) is 11.5 Å². The van der Waals surface area contributed by atoms with E-state index in [-0.39, 0.29) is 0 Å². The van der Waals surface area contributed by atoms with Gasteiger partial charge in [-0.05, 0) is 12.1 Å². The smallest absolute Gasteiger partial charge is 0.181 e. The van der Waals surface area contributed by atoms with Crippen LogP contribution < -0.4 is 0 Å². The van der Waals surface area contributed by atoms with E-state index >= 15 is 0 Å². The van der Waals surface area contributed by atoms with Crippen LogP contribution in [0.4, 0.5) is 0 Å². The number of nitrogens with one attached hydrogen (secondary N) is 2. The van der Waals surface area contributed by atoms with Gasteiger partial charge in [-0.2, -0.15) is 0 Å². The molecular weight excluding hydrogens is 178 g/mol. The van der Waals surface area contributed by atoms with E-state index in [2.05, 4.69) is 24.9 Å². The SMILES string of the molecule is c1c[nH]c(-c2ncc3[nH]cnc3n2)c1. The van der Waals surface area contributed by atoms with Crippen LogP contribution in [0.15, 0.2) is 30.9 Å². The summed E-state index contributed by atoms with van der Waals surface area (Å²) in [5, 5.41) is 0. The summed E-state index contributed by atoms with van der Waals surface area (Å²) in [6, 6.07) is 3.83. The molecule has 0 atom stereocenters. The first kappa shape index (κ1) is 7.25. The topological polar surface area (TPSA) is 70.2 Å². The Morgan fingerprint density at radius 2 is 2.14 bits per heavy atom. The third-order valence-electron chi connectivity index (χ3n) is 2.01. The number of hydrogen-bond donors (Lipinski definition) is 2. The van der Waals surface area contributed by atoms with Gasteiger partial charge < -0.3 is 9.97 Å². The normalized spacial score (nSPS) is 10.9. The first-order valence-electron chi connectivity index (χ1n) is 4.23. The van der Waals surface area contributed by atoms with Crippen molar-refractivity contribution >= 4 is 11.2 Å². The van der Waals surface area contributed by atoms with E-state index in [0.29, 0.717) is 11.5 Å². The molecule has 0 saturated carbocycles. The zero-order valence-electron chi connectivity index (χ0n) is 7.23. The molecule has 0 aliphatic carbocycles. The molecule has 3 heterocycles. The second-order valence-corrected chi connectivity index (χ2v) is 2.92. The van der Waals surface area contributed by atoms with Gasteiger partial charge in [-0.3, -0.25) is 0 Å². The Labute approximate surface area is 79.2 Å². The fourth-order valence-corrected chi connectivity index (χ4v) is 1.34. The van der Waals surface area contributed by atoms with Crippen LogP contribution in [0.3, 0.4) is 0 Å². The summed E-state index contributed by atoms with van der Waals surface area (Å²) in [5.41, 5.74) is 2.43. The highest BCUT2D eigenvalue weighted by Gasteiger charge is 2.03. The largest absolute Gasteiger partial charge is 0.359 e. The van der Waals surface area contributed by atoms with Gasteiger partial charge in [0, 0.05) is 6.20 Å². The maximum atomic E-state index is 4.29. The number of fused-ring (bicyclic) bond motifs is 1. The molecule has 5 nitrogen and oxygen atoms in total. The molecule has 68 valence electrons. The number of hydrogen-bond acceptors (Lipinski definition) is 3. The summed E-state index contributed by atoms with van der Waals surface area (Å²) in [5.74, 6) is 0.662. The molecule has 5 heteroatoms. The van der Waals surface area contributed by atoms with Crippen LogP contribution >= 0.6 is 0 Å². The quantitative estimate of drug-likeness (QED) is 0.601. The predicted octanol–water partition coefficient (Wildman–Crippen LogP) is 1.35. The molecule has 3 aromatic heterocycles. The summed E-state index contributed by atoms with van der Waals surface area (Å²) >= 11 is 0. The Morgan fingerprint density at radius 3 is 3.00 bits per heavy atom. The van der Waals surface area contributed by atoms with Crippen molar-refractivity contribution in [1.82, 2.24) is 24.9 Å². The fourth-order valence-electron chi connectivity index (χ4n) is 1.34. The van der Waals surface area contributed by atoms with Gasteiger partial charge in [0.25, 0.3) is 0 Å². The van der Waals surface area contributed by atoms with E-state index in [1.807, 2.05) is 18.3 Å². The molecule has 0 aromatic carbocycles. The van der Waals surface area contributed by atoms with Gasteiger partial charge in [0.2, 0.25) is 0 Å². The lowest BCUT2D eigenvalue weighted by atomic mass is 10.4. The van der Waals surface area contributed by atoms with E-state index in [4.69, 9.17) is 0 Å². The van der Waals surface area contributed by atoms with Crippen LogP contribution in [0.5, 0.6) is 0 Å². The number of imidazole rings is 1. The second kappa shape index (κ2) is 2.66. The Kier molecular flexibility index (Phi) is 1.38. The molecule has 0 saturated heterocycles. The molecule has 0 fully saturated rings. The van der Waals surface area contributed by atoms with E-state index in [0.717, 1.165) is 11.2 Å². The minimum Gasteiger partial charge on any atom is -0.359 e. The van der Waals surface area contributed by atoms with Gasteiger partial charge in [-0.1, -0.05) is 0 Å². The van der Waals surface area contributed by atoms with Gasteiger partial charge in [0.1, 0.15) is 5.52 Å². The average Bonchev–Trinajstić information content (AvgIpc) is 2.88. The Morgan fingerprint density at radius 1 is 1.14 bits per heavy atom. The summed E-state index contributed by atoms with van der Waals surface area (Å²) in [4.78, 5) is 18.6. The molecule has 0 radical (unpaired) electrons. The molecule has 0 spiro atoms. The summed E-state index contributed by atoms with van der Waals surface area (Å²) < 4.78 is 0. The average molecular weight is 185 g/mol. The Bertz CT molecular complexity index is 551. The molecule has 3 aromatic rings. The summed E-state index contributed by atoms with van der Waals surface area (Å²) in [6.45, 7) is 0. The van der Waals surface area contributed by atoms with Crippen molar-refractivity contribution in [2.24, 2.45) is 0 Å². The maximum Gasteiger partial charge on any atom is 0.181 e. The van der Waals surface area contributed by atoms with Gasteiger partial charge in [-0.25, -0.2) is 15.0 Å². The highest BCUT2D eigenvalue weighted by Crippen LogP contribution is 2.13. The highest BCUT2D eigenvalue weighted by molar-refractivity contribution is 5.70. The van der Waals surface area contributed by atoms with E-state index in [1.54, 1.807) is 12.5 Å². The zero-order valence-corrected chi connectivity index (χ0v) is 7.23. The summed E-state index contributed by atoms with van der Waals surface area (Å²) in [6.07, 6.45) is 5.18. The number of rotatable bonds is 1. The third-order valence-corrected chi connectivity index (χ3v) is 2.01. The highest BCUT2D eigenvalue weighted by atomic mass is 15.0. The van der Waals surface area contributed by atoms with Crippen LogP contribution in [0, 0.1) is 0 Å². The van der Waals surface area contributed by atoms with Crippen LogP contribution in [-0.2, 0) is 0 Å². The minimum absolute atomic E-state index is 0.662. The van der Waals surface area contributed by atoms with Crippen LogP contribution in [0.25, 0.3) is 22.7 Å². The lowest BCUT2D eigenvalue weighted by molar-refractivity contribution is 1.18. The maximum absolute atomic E-state index is 4.29. The third kappa shape index (κ3) is 0.990. The molecule has 0 unspecified atom stereocenters. The van der Waals surface area contributed by atoms with Gasteiger partial charge in [0.15, 0.2) is 11.5 Å². The zero-order chi connectivity index (χ0) is 9.38. The Balaban J connectivity index is 2.23. The summed E-state index contributed by atoms with van der Waals surface area (Å²) in [7, 11) is 0. The van der Waals surface area contributed by atoms with E-state index in [1.165, 1.54) is 0 Å². The van der Waals surface area contributed by atoms with Crippen molar-refractivity contribution in [2.45, 2.75) is 0 Å². The lowest BCUT2D eigenvalue weighted by Gasteiger charge is -1.94. The van der Waals surface area contributed by atoms with Crippen molar-refractivity contribution < 1.29 is 0 Å². The number of nitrogens with zero attached hydrogens (tertiary/aromatic N) is 3. The molecule has 2 N–H and O–H groups in total. The number of aromatic nitrogens is 5. The number of aromatic amines is 2. The lowest BCUT2D eigenvalue weighted by Crippen LogP contribution is -1.88. The standard InChI is InChI=1S/C9H7N5/c1-2-6(10-3-1)8-11-4-7-9(14-8)13-5-12-7/h1-5,10H,(H,11,12,13,14). The van der Waals surface area contributed by atoms with Crippen LogP contribution in [0.1, 0.15) is 0 Å². The van der Waals surface area contributed by atoms with Crippen molar-refractivity contribution in [1.29, 1.82) is 0 Å². The van der Waals surface area contributed by atoms with E-state index < -0.39 is 0 Å². The van der Waals surface area contributed by atoms with Crippen molar-refractivity contribution in [2.75, 3.05) is 0 Å². The van der Waals surface area contributed by atoms with Crippen molar-refractivity contribution in [3.05, 3.63) is 30.9 Å². The first-order chi connectivity index (χ1) is 6.93. The molecule has 3 rings (SSSR count). The predicted molar refractivity (Wildman–Crippen MR) is 51.5 cm³/mol. The molecule has 0 bridgehead atoms. The van der Waals surface area contributed by atoms with Crippen LogP contribution in [-0.4, -0.2) is 24.9 Å². The fraction of sp³-hybridized carbons (Fsp3) is 0. The van der Waals surface area contributed by atoms with Crippen molar-refractivity contribution in [3.63, 3.8) is 0 Å². The molecular formula is C9H7N5. The molecule has 14 heavy (non-hydrogen) atoms. The first-order valence-corrected chi connectivity index (χ1v) is 4.23. The van der Waals surface area contributed by atoms with Gasteiger partial charge in [-0.15, -0.1) is 0 Å². The van der Waals surface area contributed by atoms with Crippen LogP contribution in [0.2, 0.25) is 0 Å². The monoisotopic (exact) mass is 185 g/mol.